The number of carbonyl (C=O) groups excluding carboxylic acids is 4. The Balaban J connectivity index is 0.00000188. The van der Waals surface area contributed by atoms with Crippen LogP contribution < -0.4 is 10.6 Å². The van der Waals surface area contributed by atoms with Crippen LogP contribution in [0.2, 0.25) is 0 Å². The number of nitrogens with zero attached hydrogens (tertiary/aromatic N) is 1. The molecule has 1 aromatic heterocycles. The van der Waals surface area contributed by atoms with E-state index in [1.807, 2.05) is 102 Å². The summed E-state index contributed by atoms with van der Waals surface area (Å²) < 4.78 is 29.5. The molecule has 2 rings (SSSR count). The standard InChI is InChI=1S/C42H78N2O9.C7H9NS/c1-29-18-16-20-30(2)36(53-35(47)28-44-41(12,13)22-25-51-39(7,8)9)31(3)37(48)42(14,15)32(26-33(45)49-23-17-19-29)52-34(46)27-43-40(10,11)21-24-50-38(4,5)6;1-3-4-7-5-9-6(2)8-7/h29-32,36,43-44H,16-28H2,1-15H3;3-5H,1-2H3/b;4-3-/t29?,30?,31?,32?,36-;/m0./s1. The van der Waals surface area contributed by atoms with Crippen molar-refractivity contribution in [1.82, 2.24) is 15.6 Å². The van der Waals surface area contributed by atoms with Crippen molar-refractivity contribution in [1.29, 1.82) is 0 Å². The molecule has 2 N–H and O–H groups in total. The average molecular weight is 894 g/mol. The molecule has 62 heavy (non-hydrogen) atoms. The number of aromatic nitrogens is 1. The molecule has 1 saturated heterocycles. The first-order valence-corrected chi connectivity index (χ1v) is 23.8. The molecule has 12 nitrogen and oxygen atoms in total. The van der Waals surface area contributed by atoms with Gasteiger partial charge in [-0.25, -0.2) is 4.98 Å². The van der Waals surface area contributed by atoms with Crippen LogP contribution in [0, 0.1) is 30.1 Å². The minimum absolute atomic E-state index is 0.0230. The summed E-state index contributed by atoms with van der Waals surface area (Å²) in [4.78, 5) is 58.6. The van der Waals surface area contributed by atoms with Gasteiger partial charge in [-0.05, 0) is 147 Å². The third-order valence-electron chi connectivity index (χ3n) is 11.2. The summed E-state index contributed by atoms with van der Waals surface area (Å²) in [6, 6.07) is 0. The van der Waals surface area contributed by atoms with E-state index < -0.39 is 47.0 Å². The van der Waals surface area contributed by atoms with Crippen LogP contribution in [-0.4, -0.2) is 96.1 Å². The van der Waals surface area contributed by atoms with Gasteiger partial charge in [0.15, 0.2) is 0 Å². The zero-order valence-electron chi connectivity index (χ0n) is 41.8. The normalized spacial score (nSPS) is 22.7. The molecule has 1 aromatic rings. The number of hydrogen-bond acceptors (Lipinski definition) is 13. The Labute approximate surface area is 380 Å². The highest BCUT2D eigenvalue weighted by atomic mass is 32.1. The molecule has 0 aliphatic carbocycles. The van der Waals surface area contributed by atoms with E-state index in [9.17, 15) is 19.2 Å². The molecule has 0 amide bonds. The van der Waals surface area contributed by atoms with E-state index in [1.165, 1.54) is 0 Å². The lowest BCUT2D eigenvalue weighted by Gasteiger charge is -2.38. The average Bonchev–Trinajstić information content (AvgIpc) is 3.56. The number of esters is 3. The largest absolute Gasteiger partial charge is 0.466 e. The van der Waals surface area contributed by atoms with E-state index in [0.717, 1.165) is 42.8 Å². The van der Waals surface area contributed by atoms with Gasteiger partial charge in [0.25, 0.3) is 0 Å². The minimum atomic E-state index is -1.30. The van der Waals surface area contributed by atoms with E-state index in [2.05, 4.69) is 27.9 Å². The zero-order valence-corrected chi connectivity index (χ0v) is 42.7. The zero-order chi connectivity index (χ0) is 47.5. The van der Waals surface area contributed by atoms with Crippen LogP contribution in [0.25, 0.3) is 6.08 Å². The first-order valence-electron chi connectivity index (χ1n) is 22.9. The third-order valence-corrected chi connectivity index (χ3v) is 12.0. The molecular formula is C49H87N3O9S. The van der Waals surface area contributed by atoms with Crippen molar-refractivity contribution in [2.75, 3.05) is 32.9 Å². The van der Waals surface area contributed by atoms with Crippen LogP contribution in [0.5, 0.6) is 0 Å². The first kappa shape index (κ1) is 57.3. The molecule has 13 heteroatoms. The van der Waals surface area contributed by atoms with E-state index in [4.69, 9.17) is 23.7 Å². The fourth-order valence-corrected chi connectivity index (χ4v) is 7.60. The molecule has 0 aromatic carbocycles. The predicted octanol–water partition coefficient (Wildman–Crippen LogP) is 9.84. The van der Waals surface area contributed by atoms with Crippen molar-refractivity contribution in [3.63, 3.8) is 0 Å². The molecule has 1 fully saturated rings. The van der Waals surface area contributed by atoms with Gasteiger partial charge < -0.3 is 34.3 Å². The highest BCUT2D eigenvalue weighted by Gasteiger charge is 2.46. The second kappa shape index (κ2) is 26.3. The number of aryl methyl sites for hydroxylation is 1. The van der Waals surface area contributed by atoms with Crippen molar-refractivity contribution in [2.45, 2.75) is 204 Å². The van der Waals surface area contributed by atoms with Crippen LogP contribution in [-0.2, 0) is 42.9 Å². The predicted molar refractivity (Wildman–Crippen MR) is 251 cm³/mol. The van der Waals surface area contributed by atoms with Crippen LogP contribution >= 0.6 is 11.3 Å². The van der Waals surface area contributed by atoms with Gasteiger partial charge in [0.1, 0.15) is 18.0 Å². The molecule has 0 bridgehead atoms. The van der Waals surface area contributed by atoms with Crippen molar-refractivity contribution >= 4 is 41.1 Å². The summed E-state index contributed by atoms with van der Waals surface area (Å²) in [5.74, 6) is -2.23. The van der Waals surface area contributed by atoms with Crippen molar-refractivity contribution in [3.8, 4) is 0 Å². The smallest absolute Gasteiger partial charge is 0.320 e. The van der Waals surface area contributed by atoms with Gasteiger partial charge in [-0.1, -0.05) is 39.7 Å². The second-order valence-corrected chi connectivity index (χ2v) is 22.1. The summed E-state index contributed by atoms with van der Waals surface area (Å²) >= 11 is 1.68. The summed E-state index contributed by atoms with van der Waals surface area (Å²) in [6.45, 7) is 34.5. The molecule has 0 spiro atoms. The third kappa shape index (κ3) is 24.4. The molecular weight excluding hydrogens is 807 g/mol. The SMILES string of the molecule is C/C=C\c1csc(C)n1.CC1CCCOC(=O)CC(OC(=O)CNC(C)(C)CCOC(C)(C)C)C(C)(C)C(=O)C(C)[C@@H](OC(=O)CNC(C)(C)CCOC(C)(C)C)C(C)CCC1. The molecule has 0 radical (unpaired) electrons. The molecule has 358 valence electrons. The number of allylic oxidation sites excluding steroid dienone is 1. The van der Waals surface area contributed by atoms with Gasteiger partial charge in [-0.15, -0.1) is 11.3 Å². The van der Waals surface area contributed by atoms with Crippen molar-refractivity contribution < 1.29 is 42.9 Å². The number of nitrogens with one attached hydrogen (secondary N) is 2. The number of ether oxygens (including phenoxy) is 5. The van der Waals surface area contributed by atoms with E-state index in [0.29, 0.717) is 32.0 Å². The second-order valence-electron chi connectivity index (χ2n) is 21.1. The summed E-state index contributed by atoms with van der Waals surface area (Å²) in [6.07, 6.45) is 7.56. The maximum absolute atomic E-state index is 14.5. The number of ketones is 1. The van der Waals surface area contributed by atoms with Gasteiger partial charge in [-0.3, -0.25) is 19.2 Å². The Hall–Kier alpha value is -2.71. The van der Waals surface area contributed by atoms with E-state index >= 15 is 0 Å². The summed E-state index contributed by atoms with van der Waals surface area (Å²) in [5.41, 5.74) is -1.57. The number of rotatable bonds is 15. The minimum Gasteiger partial charge on any atom is -0.466 e. The topological polar surface area (TPSA) is 151 Å². The Morgan fingerprint density at radius 1 is 0.839 bits per heavy atom. The monoisotopic (exact) mass is 894 g/mol. The first-order chi connectivity index (χ1) is 28.5. The fourth-order valence-electron chi connectivity index (χ4n) is 7.02. The van der Waals surface area contributed by atoms with Gasteiger partial charge >= 0.3 is 17.9 Å². The van der Waals surface area contributed by atoms with Gasteiger partial charge in [0.05, 0.1) is 59.4 Å². The number of cyclic esters (lactones) is 1. The highest BCUT2D eigenvalue weighted by Crippen LogP contribution is 2.35. The van der Waals surface area contributed by atoms with Gasteiger partial charge in [-0.2, -0.15) is 0 Å². The van der Waals surface area contributed by atoms with Crippen LogP contribution in [0.3, 0.4) is 0 Å². The van der Waals surface area contributed by atoms with E-state index in [1.54, 1.807) is 32.1 Å². The Morgan fingerprint density at radius 3 is 1.84 bits per heavy atom. The molecule has 4 unspecified atom stereocenters. The molecule has 1 aliphatic heterocycles. The van der Waals surface area contributed by atoms with Crippen LogP contribution in [0.4, 0.5) is 0 Å². The van der Waals surface area contributed by atoms with Crippen LogP contribution in [0.15, 0.2) is 11.5 Å². The van der Waals surface area contributed by atoms with Crippen molar-refractivity contribution in [3.05, 3.63) is 22.2 Å². The maximum atomic E-state index is 14.5. The fraction of sp³-hybridized carbons (Fsp3) is 0.816. The summed E-state index contributed by atoms with van der Waals surface area (Å²) in [7, 11) is 0. The van der Waals surface area contributed by atoms with Gasteiger partial charge in [0, 0.05) is 29.7 Å². The van der Waals surface area contributed by atoms with E-state index in [-0.39, 0.29) is 54.6 Å². The lowest BCUT2D eigenvalue weighted by molar-refractivity contribution is -0.167. The Kier molecular flexibility index (Phi) is 24.3. The van der Waals surface area contributed by atoms with Gasteiger partial charge in [0.2, 0.25) is 0 Å². The number of carbonyl (C=O) groups is 4. The number of Topliss-reactive ketones (excluding diaryl/α,β-unsaturated/α-hetero) is 1. The van der Waals surface area contributed by atoms with Crippen LogP contribution in [0.1, 0.15) is 173 Å². The number of hydrogen-bond donors (Lipinski definition) is 2. The lowest BCUT2D eigenvalue weighted by Crippen LogP contribution is -2.50. The molecule has 1 aliphatic rings. The maximum Gasteiger partial charge on any atom is 0.320 e. The summed E-state index contributed by atoms with van der Waals surface area (Å²) in [5, 5.41) is 9.73. The molecule has 0 saturated carbocycles. The van der Waals surface area contributed by atoms with Crippen molar-refractivity contribution in [2.24, 2.45) is 23.2 Å². The number of thiazole rings is 1. The Bertz CT molecular complexity index is 1540. The lowest BCUT2D eigenvalue weighted by atomic mass is 9.72. The molecule has 2 heterocycles. The quantitative estimate of drug-likeness (QED) is 0.127. The Morgan fingerprint density at radius 2 is 1.35 bits per heavy atom. The molecule has 5 atom stereocenters. The highest BCUT2D eigenvalue weighted by molar-refractivity contribution is 7.09.